The predicted molar refractivity (Wildman–Crippen MR) is 106 cm³/mol. The zero-order chi connectivity index (χ0) is 19.1. The monoisotopic (exact) mass is 365 g/mol. The summed E-state index contributed by atoms with van der Waals surface area (Å²) in [7, 11) is 0. The normalized spacial score (nSPS) is 14.8. The first-order valence-corrected chi connectivity index (χ1v) is 9.66. The molecule has 27 heavy (non-hydrogen) atoms. The van der Waals surface area contributed by atoms with E-state index in [1.54, 1.807) is 24.3 Å². The Morgan fingerprint density at radius 2 is 1.81 bits per heavy atom. The fraction of sp³-hybridized carbons (Fsp3) is 0.391. The van der Waals surface area contributed by atoms with Crippen molar-refractivity contribution in [2.45, 2.75) is 32.6 Å². The van der Waals surface area contributed by atoms with E-state index < -0.39 is 0 Å². The van der Waals surface area contributed by atoms with Gasteiger partial charge in [-0.1, -0.05) is 42.0 Å². The van der Waals surface area contributed by atoms with Crippen LogP contribution >= 0.6 is 0 Å². The van der Waals surface area contributed by atoms with E-state index in [0.29, 0.717) is 17.2 Å². The van der Waals surface area contributed by atoms with E-state index in [1.807, 2.05) is 4.90 Å². The molecule has 0 N–H and O–H groups in total. The Kier molecular flexibility index (Phi) is 6.64. The van der Waals surface area contributed by atoms with Crippen LogP contribution in [0.3, 0.4) is 0 Å². The Hall–Kier alpha value is -2.62. The number of ether oxygens (including phenoxy) is 1. The van der Waals surface area contributed by atoms with Crippen molar-refractivity contribution in [3.05, 3.63) is 65.2 Å². The van der Waals surface area contributed by atoms with Gasteiger partial charge in [0.2, 0.25) is 0 Å². The van der Waals surface area contributed by atoms with Crippen LogP contribution in [-0.4, -0.2) is 36.8 Å². The van der Waals surface area contributed by atoms with E-state index >= 15 is 0 Å². The van der Waals surface area contributed by atoms with Gasteiger partial charge in [0.05, 0.1) is 5.56 Å². The number of para-hydroxylation sites is 1. The van der Waals surface area contributed by atoms with Gasteiger partial charge < -0.3 is 9.64 Å². The lowest BCUT2D eigenvalue weighted by Crippen LogP contribution is -2.41. The molecule has 0 aliphatic carbocycles. The molecular formula is C23H27NO3. The number of amides is 1. The molecule has 1 aliphatic heterocycles. The third-order valence-electron chi connectivity index (χ3n) is 5.33. The smallest absolute Gasteiger partial charge is 0.260 e. The number of nitrogens with zero attached hydrogens (tertiary/aromatic N) is 1. The van der Waals surface area contributed by atoms with Crippen molar-refractivity contribution in [2.75, 3.05) is 19.7 Å². The number of rotatable bonds is 7. The summed E-state index contributed by atoms with van der Waals surface area (Å²) in [6.07, 6.45) is 5.11. The van der Waals surface area contributed by atoms with Crippen LogP contribution in [0.1, 0.15) is 40.7 Å². The quantitative estimate of drug-likeness (QED) is 0.695. The van der Waals surface area contributed by atoms with Crippen LogP contribution in [0, 0.1) is 12.8 Å². The Balaban J connectivity index is 1.41. The highest BCUT2D eigenvalue weighted by atomic mass is 16.5. The molecular weight excluding hydrogens is 338 g/mol. The van der Waals surface area contributed by atoms with Crippen LogP contribution in [0.15, 0.2) is 48.5 Å². The molecule has 2 aromatic carbocycles. The fourth-order valence-corrected chi connectivity index (χ4v) is 3.54. The minimum absolute atomic E-state index is 0.00677. The summed E-state index contributed by atoms with van der Waals surface area (Å²) in [5.41, 5.74) is 3.16. The highest BCUT2D eigenvalue weighted by Crippen LogP contribution is 2.23. The fourth-order valence-electron chi connectivity index (χ4n) is 3.54. The highest BCUT2D eigenvalue weighted by Gasteiger charge is 2.23. The van der Waals surface area contributed by atoms with Gasteiger partial charge >= 0.3 is 0 Å². The van der Waals surface area contributed by atoms with Gasteiger partial charge in [0.25, 0.3) is 5.91 Å². The maximum Gasteiger partial charge on any atom is 0.260 e. The molecule has 0 bridgehead atoms. The largest absolute Gasteiger partial charge is 0.483 e. The summed E-state index contributed by atoms with van der Waals surface area (Å²) < 4.78 is 5.56. The molecule has 0 spiro atoms. The lowest BCUT2D eigenvalue weighted by atomic mass is 9.90. The number of likely N-dealkylation sites (tertiary alicyclic amines) is 1. The van der Waals surface area contributed by atoms with Crippen LogP contribution in [0.5, 0.6) is 5.75 Å². The van der Waals surface area contributed by atoms with E-state index in [2.05, 4.69) is 31.2 Å². The van der Waals surface area contributed by atoms with Crippen LogP contribution in [-0.2, 0) is 11.2 Å². The van der Waals surface area contributed by atoms with Gasteiger partial charge in [0.15, 0.2) is 12.9 Å². The van der Waals surface area contributed by atoms with Crippen molar-refractivity contribution in [1.82, 2.24) is 4.90 Å². The molecule has 142 valence electrons. The zero-order valence-electron chi connectivity index (χ0n) is 15.9. The first-order valence-electron chi connectivity index (χ1n) is 9.66. The van der Waals surface area contributed by atoms with Gasteiger partial charge in [-0.3, -0.25) is 9.59 Å². The third kappa shape index (κ3) is 5.43. The first kappa shape index (κ1) is 19.2. The van der Waals surface area contributed by atoms with Crippen LogP contribution in [0.2, 0.25) is 0 Å². The maximum atomic E-state index is 12.4. The van der Waals surface area contributed by atoms with Crippen LogP contribution < -0.4 is 4.74 Å². The van der Waals surface area contributed by atoms with Crippen molar-refractivity contribution >= 4 is 12.2 Å². The number of piperidine rings is 1. The minimum Gasteiger partial charge on any atom is -0.483 e. The molecule has 1 saturated heterocycles. The highest BCUT2D eigenvalue weighted by molar-refractivity contribution is 5.80. The molecule has 3 rings (SSSR count). The Bertz CT molecular complexity index is 761. The van der Waals surface area contributed by atoms with E-state index in [1.165, 1.54) is 17.5 Å². The lowest BCUT2D eigenvalue weighted by molar-refractivity contribution is -0.134. The molecule has 1 fully saturated rings. The van der Waals surface area contributed by atoms with E-state index in [4.69, 9.17) is 4.74 Å². The molecule has 0 saturated carbocycles. The minimum atomic E-state index is -0.0150. The second-order valence-corrected chi connectivity index (χ2v) is 7.29. The average molecular weight is 365 g/mol. The summed E-state index contributed by atoms with van der Waals surface area (Å²) in [6, 6.07) is 15.7. The predicted octanol–water partition coefficient (Wildman–Crippen LogP) is 4.06. The van der Waals surface area contributed by atoms with E-state index in [9.17, 15) is 9.59 Å². The molecule has 1 amide bonds. The summed E-state index contributed by atoms with van der Waals surface area (Å²) >= 11 is 0. The summed E-state index contributed by atoms with van der Waals surface area (Å²) in [4.78, 5) is 25.3. The second-order valence-electron chi connectivity index (χ2n) is 7.29. The molecule has 0 unspecified atom stereocenters. The summed E-state index contributed by atoms with van der Waals surface area (Å²) in [6.45, 7) is 3.67. The number of hydrogen-bond donors (Lipinski definition) is 0. The second kappa shape index (κ2) is 9.36. The zero-order valence-corrected chi connectivity index (χ0v) is 15.9. The molecule has 0 atom stereocenters. The number of benzene rings is 2. The maximum absolute atomic E-state index is 12.4. The molecule has 4 nitrogen and oxygen atoms in total. The van der Waals surface area contributed by atoms with Crippen molar-refractivity contribution in [1.29, 1.82) is 0 Å². The molecule has 0 radical (unpaired) electrons. The van der Waals surface area contributed by atoms with Crippen LogP contribution in [0.4, 0.5) is 0 Å². The van der Waals surface area contributed by atoms with Gasteiger partial charge in [0.1, 0.15) is 5.75 Å². The standard InChI is InChI=1S/C23H27NO3/c1-18-6-8-19(9-7-18)10-11-20-12-14-24(15-13-20)23(26)17-27-22-5-3-2-4-21(22)16-25/h2-9,16,20H,10-15,17H2,1H3. The Labute approximate surface area is 161 Å². The summed E-state index contributed by atoms with van der Waals surface area (Å²) in [5.74, 6) is 1.13. The van der Waals surface area contributed by atoms with Crippen molar-refractivity contribution in [2.24, 2.45) is 5.92 Å². The first-order chi connectivity index (χ1) is 13.2. The van der Waals surface area contributed by atoms with Gasteiger partial charge in [-0.25, -0.2) is 0 Å². The van der Waals surface area contributed by atoms with E-state index in [0.717, 1.165) is 38.6 Å². The van der Waals surface area contributed by atoms with Crippen LogP contribution in [0.25, 0.3) is 0 Å². The number of carbonyl (C=O) groups is 2. The third-order valence-corrected chi connectivity index (χ3v) is 5.33. The molecule has 0 aromatic heterocycles. The van der Waals surface area contributed by atoms with Gasteiger partial charge in [-0.15, -0.1) is 0 Å². The topological polar surface area (TPSA) is 46.6 Å². The van der Waals surface area contributed by atoms with E-state index in [-0.39, 0.29) is 12.5 Å². The number of aryl methyl sites for hydroxylation is 2. The number of hydrogen-bond acceptors (Lipinski definition) is 3. The molecule has 4 heteroatoms. The van der Waals surface area contributed by atoms with Gasteiger partial charge in [-0.2, -0.15) is 0 Å². The number of carbonyl (C=O) groups excluding carboxylic acids is 2. The average Bonchev–Trinajstić information content (AvgIpc) is 2.72. The molecule has 1 heterocycles. The number of aldehydes is 1. The molecule has 1 aliphatic rings. The summed E-state index contributed by atoms with van der Waals surface area (Å²) in [5, 5.41) is 0. The Morgan fingerprint density at radius 1 is 1.11 bits per heavy atom. The SMILES string of the molecule is Cc1ccc(CCC2CCN(C(=O)COc3ccccc3C=O)CC2)cc1. The molecule has 2 aromatic rings. The van der Waals surface area contributed by atoms with Crippen molar-refractivity contribution < 1.29 is 14.3 Å². The van der Waals surface area contributed by atoms with Crippen molar-refractivity contribution in [3.63, 3.8) is 0 Å². The van der Waals surface area contributed by atoms with Crippen molar-refractivity contribution in [3.8, 4) is 5.75 Å². The van der Waals surface area contributed by atoms with Gasteiger partial charge in [-0.05, 0) is 56.2 Å². The van der Waals surface area contributed by atoms with Gasteiger partial charge in [0, 0.05) is 13.1 Å². The lowest BCUT2D eigenvalue weighted by Gasteiger charge is -2.32. The Morgan fingerprint density at radius 3 is 2.52 bits per heavy atom.